The molecule has 0 saturated carbocycles. The molecule has 2 rings (SSSR count). The van der Waals surface area contributed by atoms with Crippen LogP contribution in [-0.4, -0.2) is 47.7 Å². The van der Waals surface area contributed by atoms with E-state index >= 15 is 0 Å². The van der Waals surface area contributed by atoms with Gasteiger partial charge in [-0.2, -0.15) is 0 Å². The van der Waals surface area contributed by atoms with Gasteiger partial charge in [-0.15, -0.1) is 0 Å². The number of rotatable bonds is 4. The minimum Gasteiger partial charge on any atom is -0.481 e. The Balaban J connectivity index is 2.10. The second-order valence-electron chi connectivity index (χ2n) is 5.62. The summed E-state index contributed by atoms with van der Waals surface area (Å²) in [6.07, 6.45) is -0.539. The van der Waals surface area contributed by atoms with Crippen molar-refractivity contribution in [3.05, 3.63) is 23.2 Å². The first kappa shape index (κ1) is 15.6. The van der Waals surface area contributed by atoms with Crippen molar-refractivity contribution in [2.75, 3.05) is 19.7 Å². The molecular weight excluding hydrogens is 274 g/mol. The molecule has 1 aliphatic heterocycles. The molecule has 1 amide bonds. The molecule has 0 aromatic carbocycles. The van der Waals surface area contributed by atoms with Crippen LogP contribution < -0.4 is 0 Å². The Morgan fingerprint density at radius 1 is 1.48 bits per heavy atom. The van der Waals surface area contributed by atoms with E-state index in [0.29, 0.717) is 31.0 Å². The molecule has 1 N–H and O–H groups in total. The van der Waals surface area contributed by atoms with Crippen molar-refractivity contribution in [2.45, 2.75) is 39.2 Å². The zero-order valence-electron chi connectivity index (χ0n) is 12.6. The fraction of sp³-hybridized carbons (Fsp3) is 0.600. The number of ether oxygens (including phenoxy) is 1. The maximum atomic E-state index is 12.6. The molecule has 0 spiro atoms. The summed E-state index contributed by atoms with van der Waals surface area (Å²) in [6, 6.07) is 1.78. The number of amides is 1. The van der Waals surface area contributed by atoms with Crippen molar-refractivity contribution in [1.82, 2.24) is 4.90 Å². The van der Waals surface area contributed by atoms with E-state index in [-0.39, 0.29) is 18.2 Å². The van der Waals surface area contributed by atoms with Gasteiger partial charge in [0.1, 0.15) is 11.5 Å². The van der Waals surface area contributed by atoms with Gasteiger partial charge in [0.25, 0.3) is 5.91 Å². The number of nitrogens with zero attached hydrogens (tertiary/aromatic N) is 1. The molecule has 1 saturated heterocycles. The molecule has 0 radical (unpaired) electrons. The van der Waals surface area contributed by atoms with Crippen LogP contribution in [0.15, 0.2) is 10.5 Å². The van der Waals surface area contributed by atoms with Crippen LogP contribution in [0.1, 0.15) is 48.1 Å². The van der Waals surface area contributed by atoms with Crippen LogP contribution in [0.3, 0.4) is 0 Å². The Bertz CT molecular complexity index is 534. The summed E-state index contributed by atoms with van der Waals surface area (Å²) in [5.74, 6) is 0.559. The van der Waals surface area contributed by atoms with Gasteiger partial charge in [-0.25, -0.2) is 0 Å². The molecule has 116 valence electrons. The zero-order valence-corrected chi connectivity index (χ0v) is 12.6. The van der Waals surface area contributed by atoms with E-state index in [1.54, 1.807) is 17.9 Å². The third-order valence-electron chi connectivity index (χ3n) is 3.56. The van der Waals surface area contributed by atoms with Gasteiger partial charge >= 0.3 is 5.97 Å². The smallest absolute Gasteiger partial charge is 0.306 e. The van der Waals surface area contributed by atoms with Crippen molar-refractivity contribution in [3.8, 4) is 0 Å². The molecule has 1 aliphatic rings. The van der Waals surface area contributed by atoms with Crippen LogP contribution >= 0.6 is 0 Å². The van der Waals surface area contributed by atoms with Crippen LogP contribution in [0.4, 0.5) is 0 Å². The summed E-state index contributed by atoms with van der Waals surface area (Å²) in [5.41, 5.74) is 0.551. The quantitative estimate of drug-likeness (QED) is 0.919. The first-order valence-electron chi connectivity index (χ1n) is 7.11. The lowest BCUT2D eigenvalue weighted by Crippen LogP contribution is -2.46. The van der Waals surface area contributed by atoms with Gasteiger partial charge < -0.3 is 19.2 Å². The topological polar surface area (TPSA) is 80.0 Å². The van der Waals surface area contributed by atoms with E-state index < -0.39 is 12.1 Å². The molecule has 1 aromatic rings. The van der Waals surface area contributed by atoms with Gasteiger partial charge in [-0.1, -0.05) is 13.8 Å². The number of aryl methyl sites for hydroxylation is 1. The summed E-state index contributed by atoms with van der Waals surface area (Å²) >= 11 is 0. The number of hydrogen-bond donors (Lipinski definition) is 1. The number of furan rings is 1. The third-order valence-corrected chi connectivity index (χ3v) is 3.56. The van der Waals surface area contributed by atoms with Crippen molar-refractivity contribution < 1.29 is 23.8 Å². The summed E-state index contributed by atoms with van der Waals surface area (Å²) in [6.45, 7) is 6.91. The normalized spacial score (nSPS) is 19.0. The minimum atomic E-state index is -0.920. The van der Waals surface area contributed by atoms with E-state index in [0.717, 1.165) is 5.76 Å². The lowest BCUT2D eigenvalue weighted by Gasteiger charge is -2.32. The molecule has 21 heavy (non-hydrogen) atoms. The standard InChI is InChI=1S/C15H21NO5/c1-9(2)13-7-12(10(3)21-13)15(19)16-4-5-20-11(8-16)6-14(17)18/h7,9,11H,4-6,8H2,1-3H3,(H,17,18). The van der Waals surface area contributed by atoms with Crippen molar-refractivity contribution in [3.63, 3.8) is 0 Å². The Morgan fingerprint density at radius 3 is 2.76 bits per heavy atom. The largest absolute Gasteiger partial charge is 0.481 e. The predicted octanol–water partition coefficient (Wildman–Crippen LogP) is 2.03. The van der Waals surface area contributed by atoms with Crippen molar-refractivity contribution in [2.24, 2.45) is 0 Å². The minimum absolute atomic E-state index is 0.0919. The molecular formula is C15H21NO5. The maximum absolute atomic E-state index is 12.6. The lowest BCUT2D eigenvalue weighted by molar-refractivity contribution is -0.141. The first-order valence-corrected chi connectivity index (χ1v) is 7.11. The van der Waals surface area contributed by atoms with Gasteiger partial charge in [0.15, 0.2) is 0 Å². The monoisotopic (exact) mass is 295 g/mol. The molecule has 1 unspecified atom stereocenters. The highest BCUT2D eigenvalue weighted by Gasteiger charge is 2.28. The van der Waals surface area contributed by atoms with Gasteiger partial charge in [-0.05, 0) is 13.0 Å². The van der Waals surface area contributed by atoms with Crippen LogP contribution in [0, 0.1) is 6.92 Å². The van der Waals surface area contributed by atoms with Crippen molar-refractivity contribution in [1.29, 1.82) is 0 Å². The number of carboxylic acids is 1. The van der Waals surface area contributed by atoms with E-state index in [4.69, 9.17) is 14.3 Å². The van der Waals surface area contributed by atoms with Gasteiger partial charge in [0.2, 0.25) is 0 Å². The molecule has 2 heterocycles. The number of hydrogen-bond acceptors (Lipinski definition) is 4. The fourth-order valence-corrected chi connectivity index (χ4v) is 2.39. The number of carbonyl (C=O) groups excluding carboxylic acids is 1. The van der Waals surface area contributed by atoms with E-state index in [1.165, 1.54) is 0 Å². The van der Waals surface area contributed by atoms with E-state index in [9.17, 15) is 9.59 Å². The Hall–Kier alpha value is -1.82. The highest BCUT2D eigenvalue weighted by atomic mass is 16.5. The van der Waals surface area contributed by atoms with Crippen molar-refractivity contribution >= 4 is 11.9 Å². The molecule has 1 atom stereocenters. The number of aliphatic carboxylic acids is 1. The average molecular weight is 295 g/mol. The molecule has 6 heteroatoms. The summed E-state index contributed by atoms with van der Waals surface area (Å²) < 4.78 is 11.0. The zero-order chi connectivity index (χ0) is 15.6. The Kier molecular flexibility index (Phi) is 4.67. The molecule has 1 fully saturated rings. The highest BCUT2D eigenvalue weighted by Crippen LogP contribution is 2.23. The first-order chi connectivity index (χ1) is 9.88. The Morgan fingerprint density at radius 2 is 2.19 bits per heavy atom. The second-order valence-corrected chi connectivity index (χ2v) is 5.62. The summed E-state index contributed by atoms with van der Waals surface area (Å²) in [7, 11) is 0. The van der Waals surface area contributed by atoms with E-state index in [1.807, 2.05) is 13.8 Å². The van der Waals surface area contributed by atoms with Gasteiger partial charge in [0.05, 0.1) is 24.7 Å². The van der Waals surface area contributed by atoms with E-state index in [2.05, 4.69) is 0 Å². The van der Waals surface area contributed by atoms with Crippen LogP contribution in [0.25, 0.3) is 0 Å². The SMILES string of the molecule is Cc1oc(C(C)C)cc1C(=O)N1CCOC(CC(=O)O)C1. The Labute approximate surface area is 123 Å². The lowest BCUT2D eigenvalue weighted by atomic mass is 10.1. The van der Waals surface area contributed by atoms with Gasteiger partial charge in [0, 0.05) is 19.0 Å². The fourth-order valence-electron chi connectivity index (χ4n) is 2.39. The highest BCUT2D eigenvalue weighted by molar-refractivity contribution is 5.95. The number of morpholine rings is 1. The maximum Gasteiger partial charge on any atom is 0.306 e. The number of carboxylic acid groups (broad SMARTS) is 1. The molecule has 6 nitrogen and oxygen atoms in total. The van der Waals surface area contributed by atoms with Crippen LogP contribution in [0.5, 0.6) is 0 Å². The molecule has 0 bridgehead atoms. The molecule has 0 aliphatic carbocycles. The predicted molar refractivity (Wildman–Crippen MR) is 75.4 cm³/mol. The van der Waals surface area contributed by atoms with Crippen LogP contribution in [0.2, 0.25) is 0 Å². The van der Waals surface area contributed by atoms with Gasteiger partial charge in [-0.3, -0.25) is 9.59 Å². The average Bonchev–Trinajstić information content (AvgIpc) is 2.80. The second kappa shape index (κ2) is 6.30. The van der Waals surface area contributed by atoms with Crippen LogP contribution in [-0.2, 0) is 9.53 Å². The third kappa shape index (κ3) is 3.64. The molecule has 1 aromatic heterocycles. The summed E-state index contributed by atoms with van der Waals surface area (Å²) in [5, 5.41) is 8.82. The number of carbonyl (C=O) groups is 2. The summed E-state index contributed by atoms with van der Waals surface area (Å²) in [4.78, 5) is 24.9.